The average molecular weight is 624 g/mol. The number of ether oxygens (including phenoxy) is 1. The van der Waals surface area contributed by atoms with E-state index >= 15 is 8.78 Å². The number of hydrogen-bond acceptors (Lipinski definition) is 8. The molecule has 0 aliphatic carbocycles. The summed E-state index contributed by atoms with van der Waals surface area (Å²) in [5.41, 5.74) is 1.10. The van der Waals surface area contributed by atoms with Crippen LogP contribution in [0.15, 0.2) is 60.8 Å². The largest absolute Gasteiger partial charge is 0.484 e. The molecule has 3 atom stereocenters. The Morgan fingerprint density at radius 1 is 0.860 bits per heavy atom. The van der Waals surface area contributed by atoms with Gasteiger partial charge >= 0.3 is 24.0 Å². The van der Waals surface area contributed by atoms with Crippen LogP contribution in [-0.2, 0) is 21.1 Å². The van der Waals surface area contributed by atoms with Gasteiger partial charge in [-0.05, 0) is 29.8 Å². The van der Waals surface area contributed by atoms with Gasteiger partial charge in [-0.3, -0.25) is 4.98 Å². The second-order valence-electron chi connectivity index (χ2n) is 8.69. The van der Waals surface area contributed by atoms with Crippen LogP contribution in [0.4, 0.5) is 30.7 Å². The molecule has 0 saturated carbocycles. The van der Waals surface area contributed by atoms with Crippen LogP contribution in [0.1, 0.15) is 11.3 Å². The van der Waals surface area contributed by atoms with E-state index in [0.717, 1.165) is 12.3 Å². The summed E-state index contributed by atoms with van der Waals surface area (Å²) in [6, 6.07) is 9.24. The molecule has 1 aromatic heterocycles. The van der Waals surface area contributed by atoms with E-state index in [9.17, 15) is 36.6 Å². The highest BCUT2D eigenvalue weighted by atomic mass is 19.4. The highest BCUT2D eigenvalue weighted by molar-refractivity contribution is 5.83. The van der Waals surface area contributed by atoms with Crippen molar-refractivity contribution in [3.05, 3.63) is 83.7 Å². The minimum atomic E-state index is -4.49. The van der Waals surface area contributed by atoms with Gasteiger partial charge in [0.25, 0.3) is 0 Å². The van der Waals surface area contributed by atoms with Crippen LogP contribution in [0.5, 0.6) is 5.75 Å². The molecule has 0 amide bonds. The summed E-state index contributed by atoms with van der Waals surface area (Å²) in [6.45, 7) is -2.55. The minimum Gasteiger partial charge on any atom is -0.484 e. The average Bonchev–Trinajstić information content (AvgIpc) is 2.95. The van der Waals surface area contributed by atoms with Gasteiger partial charge < -0.3 is 36.0 Å². The molecule has 0 spiro atoms. The predicted molar refractivity (Wildman–Crippen MR) is 132 cm³/mol. The third-order valence-corrected chi connectivity index (χ3v) is 5.67. The van der Waals surface area contributed by atoms with Crippen LogP contribution in [0.3, 0.4) is 0 Å². The lowest BCUT2D eigenvalue weighted by molar-refractivity contribution is -0.193. The molecule has 7 N–H and O–H groups in total. The van der Waals surface area contributed by atoms with Crippen molar-refractivity contribution < 1.29 is 70.6 Å². The van der Waals surface area contributed by atoms with Gasteiger partial charge in [0.2, 0.25) is 0 Å². The fourth-order valence-electron chi connectivity index (χ4n) is 3.37. The van der Waals surface area contributed by atoms with Gasteiger partial charge in [0.15, 0.2) is 24.4 Å². The van der Waals surface area contributed by atoms with Crippen molar-refractivity contribution in [2.45, 2.75) is 29.9 Å². The molecule has 0 aliphatic heterocycles. The molecule has 0 unspecified atom stereocenters. The lowest BCUT2D eigenvalue weighted by Gasteiger charge is -2.35. The van der Waals surface area contributed by atoms with Crippen molar-refractivity contribution in [2.75, 3.05) is 13.2 Å². The van der Waals surface area contributed by atoms with Gasteiger partial charge in [-0.15, -0.1) is 0 Å². The van der Waals surface area contributed by atoms with Gasteiger partial charge in [0.05, 0.1) is 0 Å². The Labute approximate surface area is 237 Å². The van der Waals surface area contributed by atoms with Gasteiger partial charge in [-0.25, -0.2) is 18.4 Å². The van der Waals surface area contributed by atoms with Gasteiger partial charge in [-0.2, -0.15) is 22.0 Å². The maximum atomic E-state index is 15.2. The first-order chi connectivity index (χ1) is 19.8. The Morgan fingerprint density at radius 2 is 1.40 bits per heavy atom. The third kappa shape index (κ3) is 8.60. The van der Waals surface area contributed by atoms with Crippen molar-refractivity contribution in [3.8, 4) is 16.9 Å². The molecule has 234 valence electrons. The van der Waals surface area contributed by atoms with E-state index in [0.29, 0.717) is 29.3 Å². The number of aliphatic hydroxyl groups excluding tert-OH is 2. The number of benzene rings is 2. The number of aromatic nitrogens is 1. The monoisotopic (exact) mass is 624 g/mol. The van der Waals surface area contributed by atoms with E-state index in [1.165, 1.54) is 30.3 Å². The normalized spacial score (nSPS) is 14.5. The number of nitrogens with two attached hydrogens (primary N) is 1. The molecule has 0 aliphatic rings. The van der Waals surface area contributed by atoms with E-state index in [4.69, 9.17) is 26.2 Å². The van der Waals surface area contributed by atoms with E-state index in [1.54, 1.807) is 0 Å². The molecule has 3 rings (SSSR count). The first kappa shape index (κ1) is 34.9. The molecular weight excluding hydrogens is 601 g/mol. The fraction of sp³-hybridized carbons (Fsp3) is 0.269. The SMILES string of the molecule is NC[C@](O)(c1ccc(F)cc1F)C(F)(F)c1ccc(-c2ccc(OCC(F)(F)F)cc2)cn1.O=C(O)[C@H](O)[C@@H](O)C(=O)O. The van der Waals surface area contributed by atoms with E-state index in [-0.39, 0.29) is 5.75 Å². The van der Waals surface area contributed by atoms with Crippen LogP contribution in [0.25, 0.3) is 11.1 Å². The van der Waals surface area contributed by atoms with Crippen LogP contribution in [0, 0.1) is 11.6 Å². The topological polar surface area (TPSA) is 183 Å². The molecular formula is C26H23F7N2O8. The smallest absolute Gasteiger partial charge is 0.422 e. The number of carboxylic acids is 2. The maximum Gasteiger partial charge on any atom is 0.422 e. The van der Waals surface area contributed by atoms with Gasteiger partial charge in [0.1, 0.15) is 23.1 Å². The second kappa shape index (κ2) is 13.8. The molecule has 0 saturated heterocycles. The molecule has 0 fully saturated rings. The number of nitrogens with zero attached hydrogens (tertiary/aromatic N) is 1. The quantitative estimate of drug-likeness (QED) is 0.184. The predicted octanol–water partition coefficient (Wildman–Crippen LogP) is 2.78. The zero-order valence-corrected chi connectivity index (χ0v) is 21.5. The van der Waals surface area contributed by atoms with Gasteiger partial charge in [0, 0.05) is 29.9 Å². The third-order valence-electron chi connectivity index (χ3n) is 5.67. The fourth-order valence-corrected chi connectivity index (χ4v) is 3.37. The molecule has 2 aromatic carbocycles. The lowest BCUT2D eigenvalue weighted by Crippen LogP contribution is -2.50. The van der Waals surface area contributed by atoms with Crippen molar-refractivity contribution in [3.63, 3.8) is 0 Å². The maximum absolute atomic E-state index is 15.2. The number of alkyl halides is 5. The van der Waals surface area contributed by atoms with E-state index in [1.807, 2.05) is 0 Å². The first-order valence-corrected chi connectivity index (χ1v) is 11.7. The molecule has 3 aromatic rings. The van der Waals surface area contributed by atoms with E-state index < -0.39 is 77.9 Å². The van der Waals surface area contributed by atoms with E-state index in [2.05, 4.69) is 9.72 Å². The van der Waals surface area contributed by atoms with Crippen molar-refractivity contribution in [2.24, 2.45) is 5.73 Å². The summed E-state index contributed by atoms with van der Waals surface area (Å²) in [5, 5.41) is 43.1. The Morgan fingerprint density at radius 3 is 1.81 bits per heavy atom. The van der Waals surface area contributed by atoms with Crippen LogP contribution >= 0.6 is 0 Å². The van der Waals surface area contributed by atoms with Crippen LogP contribution in [-0.4, -0.2) is 74.0 Å². The highest BCUT2D eigenvalue weighted by Crippen LogP contribution is 2.45. The lowest BCUT2D eigenvalue weighted by atomic mass is 9.84. The number of aliphatic hydroxyl groups is 3. The molecule has 1 heterocycles. The summed E-state index contributed by atoms with van der Waals surface area (Å²) in [6.07, 6.45) is -7.98. The molecule has 0 radical (unpaired) electrons. The number of halogens is 7. The standard InChI is InChI=1S/C22H17F7N2O2.C4H6O6/c23-15-4-7-17(18(24)9-15)20(32,11-30)22(28,29)19-8-3-14(10-31-19)13-1-5-16(6-2-13)33-12-21(25,26)27;5-1(3(7)8)2(6)4(9)10/h1-10,32H,11-12,30H2;1-2,5-6H,(H,7,8)(H,9,10)/t20-;1-,2-/m01/s1. The van der Waals surface area contributed by atoms with Crippen LogP contribution in [0.2, 0.25) is 0 Å². The number of carboxylic acid groups (broad SMARTS) is 2. The van der Waals surface area contributed by atoms with Gasteiger partial charge in [-0.1, -0.05) is 24.3 Å². The Hall–Kier alpha value is -4.32. The number of hydrogen-bond donors (Lipinski definition) is 6. The summed E-state index contributed by atoms with van der Waals surface area (Å²) in [4.78, 5) is 23.2. The van der Waals surface area contributed by atoms with Crippen molar-refractivity contribution in [1.29, 1.82) is 0 Å². The molecule has 17 heteroatoms. The first-order valence-electron chi connectivity index (χ1n) is 11.7. The zero-order chi connectivity index (χ0) is 32.8. The molecule has 43 heavy (non-hydrogen) atoms. The Kier molecular flexibility index (Phi) is 11.2. The number of carbonyl (C=O) groups is 2. The van der Waals surface area contributed by atoms with Crippen LogP contribution < -0.4 is 10.5 Å². The van der Waals surface area contributed by atoms with Crippen molar-refractivity contribution >= 4 is 11.9 Å². The Balaban J connectivity index is 0.000000553. The molecule has 0 bridgehead atoms. The number of aliphatic carboxylic acids is 2. The zero-order valence-electron chi connectivity index (χ0n) is 21.5. The Bertz CT molecular complexity index is 1390. The summed E-state index contributed by atoms with van der Waals surface area (Å²) in [5.74, 6) is -10.1. The summed E-state index contributed by atoms with van der Waals surface area (Å²) >= 11 is 0. The summed E-state index contributed by atoms with van der Waals surface area (Å²) in [7, 11) is 0. The second-order valence-corrected chi connectivity index (χ2v) is 8.69. The molecule has 10 nitrogen and oxygen atoms in total. The number of pyridine rings is 1. The minimum absolute atomic E-state index is 0.0403. The van der Waals surface area contributed by atoms with Crippen molar-refractivity contribution in [1.82, 2.24) is 4.98 Å². The summed E-state index contributed by atoms with van der Waals surface area (Å²) < 4.78 is 98.9. The highest BCUT2D eigenvalue weighted by Gasteiger charge is 2.56. The number of rotatable bonds is 10.